The van der Waals surface area contributed by atoms with Crippen LogP contribution in [-0.2, 0) is 11.3 Å². The zero-order valence-electron chi connectivity index (χ0n) is 12.5. The van der Waals surface area contributed by atoms with Crippen LogP contribution in [0, 0.1) is 6.92 Å². The zero-order valence-corrected chi connectivity index (χ0v) is 14.9. The number of nitrogens with zero attached hydrogens (tertiary/aromatic N) is 1. The Hall–Kier alpha value is -1.62. The summed E-state index contributed by atoms with van der Waals surface area (Å²) >= 11 is 13.4. The summed E-state index contributed by atoms with van der Waals surface area (Å²) in [7, 11) is 0. The number of halogens is 2. The molecule has 0 fully saturated rings. The van der Waals surface area contributed by atoms with Gasteiger partial charge in [-0.2, -0.15) is 0 Å². The summed E-state index contributed by atoms with van der Waals surface area (Å²) in [6.07, 6.45) is 0. The molecule has 0 aliphatic heterocycles. The lowest BCUT2D eigenvalue weighted by molar-refractivity contribution is -0.113. The Bertz CT molecular complexity index is 922. The van der Waals surface area contributed by atoms with Crippen molar-refractivity contribution in [1.82, 2.24) is 4.57 Å². The van der Waals surface area contributed by atoms with Gasteiger partial charge in [0, 0.05) is 29.6 Å². The van der Waals surface area contributed by atoms with E-state index >= 15 is 0 Å². The molecule has 2 aromatic heterocycles. The SMILES string of the molecule is CC(=O)C(=O)c1c(C)n(Cc2ccc(Cl)cc2)c2sc(Cl)cc12. The lowest BCUT2D eigenvalue weighted by atomic mass is 10.1. The first-order valence-corrected chi connectivity index (χ1v) is 8.53. The van der Waals surface area contributed by atoms with Gasteiger partial charge >= 0.3 is 0 Å². The minimum absolute atomic E-state index is 0.449. The highest BCUT2D eigenvalue weighted by molar-refractivity contribution is 7.22. The van der Waals surface area contributed by atoms with E-state index in [1.807, 2.05) is 35.8 Å². The molecule has 0 spiro atoms. The number of hydrogen-bond acceptors (Lipinski definition) is 3. The summed E-state index contributed by atoms with van der Waals surface area (Å²) < 4.78 is 2.61. The van der Waals surface area contributed by atoms with Crippen molar-refractivity contribution in [3.8, 4) is 0 Å². The molecule has 118 valence electrons. The second-order valence-electron chi connectivity index (χ2n) is 5.33. The van der Waals surface area contributed by atoms with Crippen LogP contribution in [-0.4, -0.2) is 16.1 Å². The fraction of sp³-hybridized carbons (Fsp3) is 0.176. The molecule has 0 radical (unpaired) electrons. The van der Waals surface area contributed by atoms with E-state index in [0.29, 0.717) is 21.5 Å². The van der Waals surface area contributed by atoms with Gasteiger partial charge in [-0.3, -0.25) is 9.59 Å². The summed E-state index contributed by atoms with van der Waals surface area (Å²) in [4.78, 5) is 24.7. The minimum atomic E-state index is -0.475. The van der Waals surface area contributed by atoms with Gasteiger partial charge in [-0.25, -0.2) is 0 Å². The van der Waals surface area contributed by atoms with Crippen LogP contribution in [0.4, 0.5) is 0 Å². The summed E-state index contributed by atoms with van der Waals surface area (Å²) in [5, 5.41) is 1.42. The third-order valence-corrected chi connectivity index (χ3v) is 5.30. The molecular weight excluding hydrogens is 353 g/mol. The van der Waals surface area contributed by atoms with Crippen LogP contribution in [0.1, 0.15) is 28.5 Å². The lowest BCUT2D eigenvalue weighted by Gasteiger charge is -2.08. The molecule has 23 heavy (non-hydrogen) atoms. The second-order valence-corrected chi connectivity index (χ2v) is 7.43. The Labute approximate surface area is 147 Å². The van der Waals surface area contributed by atoms with Crippen molar-refractivity contribution in [2.24, 2.45) is 0 Å². The Balaban J connectivity index is 2.16. The first kappa shape index (κ1) is 16.2. The minimum Gasteiger partial charge on any atom is -0.332 e. The highest BCUT2D eigenvalue weighted by Gasteiger charge is 2.24. The van der Waals surface area contributed by atoms with Crippen LogP contribution in [0.5, 0.6) is 0 Å². The first-order valence-electron chi connectivity index (χ1n) is 6.96. The molecule has 0 aliphatic rings. The molecule has 1 aromatic carbocycles. The van der Waals surface area contributed by atoms with Gasteiger partial charge in [0.1, 0.15) is 4.83 Å². The number of Topliss-reactive ketones (excluding diaryl/α,β-unsaturated/α-hetero) is 2. The van der Waals surface area contributed by atoms with Gasteiger partial charge in [-0.15, -0.1) is 11.3 Å². The molecule has 0 aliphatic carbocycles. The highest BCUT2D eigenvalue weighted by Crippen LogP contribution is 2.36. The number of rotatable bonds is 4. The second kappa shape index (κ2) is 6.11. The normalized spacial score (nSPS) is 11.1. The molecule has 3 aromatic rings. The lowest BCUT2D eigenvalue weighted by Crippen LogP contribution is -2.12. The van der Waals surface area contributed by atoms with Crippen LogP contribution in [0.25, 0.3) is 10.2 Å². The van der Waals surface area contributed by atoms with Gasteiger partial charge in [0.15, 0.2) is 5.78 Å². The van der Waals surface area contributed by atoms with Crippen LogP contribution >= 0.6 is 34.5 Å². The van der Waals surface area contributed by atoms with Gasteiger partial charge in [0.2, 0.25) is 5.78 Å². The number of hydrogen-bond donors (Lipinski definition) is 0. The smallest absolute Gasteiger partial charge is 0.230 e. The van der Waals surface area contributed by atoms with Crippen molar-refractivity contribution >= 4 is 56.3 Å². The highest BCUT2D eigenvalue weighted by atomic mass is 35.5. The Morgan fingerprint density at radius 2 is 1.83 bits per heavy atom. The molecule has 2 heterocycles. The number of carbonyl (C=O) groups excluding carboxylic acids is 2. The number of carbonyl (C=O) groups is 2. The van der Waals surface area contributed by atoms with Crippen LogP contribution in [0.2, 0.25) is 9.36 Å². The fourth-order valence-corrected chi connectivity index (χ4v) is 4.04. The van der Waals surface area contributed by atoms with Gasteiger partial charge in [-0.05, 0) is 30.7 Å². The summed E-state index contributed by atoms with van der Waals surface area (Å²) in [6.45, 7) is 3.73. The number of fused-ring (bicyclic) bond motifs is 1. The van der Waals surface area contributed by atoms with E-state index in [2.05, 4.69) is 0 Å². The zero-order chi connectivity index (χ0) is 16.7. The number of aromatic nitrogens is 1. The largest absolute Gasteiger partial charge is 0.332 e. The molecule has 0 bridgehead atoms. The van der Waals surface area contributed by atoms with Crippen molar-refractivity contribution < 1.29 is 9.59 Å². The van der Waals surface area contributed by atoms with Crippen LogP contribution < -0.4 is 0 Å². The number of benzene rings is 1. The van der Waals surface area contributed by atoms with Gasteiger partial charge < -0.3 is 4.57 Å². The molecule has 0 amide bonds. The van der Waals surface area contributed by atoms with Gasteiger partial charge in [-0.1, -0.05) is 35.3 Å². The van der Waals surface area contributed by atoms with E-state index in [-0.39, 0.29) is 0 Å². The average Bonchev–Trinajstić information content (AvgIpc) is 2.97. The van der Waals surface area contributed by atoms with Crippen molar-refractivity contribution in [3.63, 3.8) is 0 Å². The van der Waals surface area contributed by atoms with Crippen LogP contribution in [0.15, 0.2) is 30.3 Å². The van der Waals surface area contributed by atoms with E-state index < -0.39 is 11.6 Å². The maximum atomic E-state index is 12.3. The van der Waals surface area contributed by atoms with Gasteiger partial charge in [0.25, 0.3) is 0 Å². The van der Waals surface area contributed by atoms with Crippen molar-refractivity contribution in [1.29, 1.82) is 0 Å². The predicted molar refractivity (Wildman–Crippen MR) is 95.1 cm³/mol. The maximum Gasteiger partial charge on any atom is 0.230 e. The molecule has 0 saturated carbocycles. The fourth-order valence-electron chi connectivity index (χ4n) is 2.64. The van der Waals surface area contributed by atoms with Crippen molar-refractivity contribution in [2.75, 3.05) is 0 Å². The standard InChI is InChI=1S/C17H13Cl2NO2S/c1-9-15(16(22)10(2)21)13-7-14(19)23-17(13)20(9)8-11-3-5-12(18)6-4-11/h3-7H,8H2,1-2H3. The van der Waals surface area contributed by atoms with Crippen LogP contribution in [0.3, 0.4) is 0 Å². The Kier molecular flexibility index (Phi) is 4.32. The van der Waals surface area contributed by atoms with E-state index in [1.165, 1.54) is 18.3 Å². The molecule has 0 saturated heterocycles. The molecule has 0 atom stereocenters. The van der Waals surface area contributed by atoms with E-state index in [4.69, 9.17) is 23.2 Å². The number of thiophene rings is 1. The topological polar surface area (TPSA) is 39.1 Å². The summed E-state index contributed by atoms with van der Waals surface area (Å²) in [5.74, 6) is -0.946. The molecule has 6 heteroatoms. The van der Waals surface area contributed by atoms with E-state index in [9.17, 15) is 9.59 Å². The third kappa shape index (κ3) is 2.94. The Morgan fingerprint density at radius 1 is 1.17 bits per heavy atom. The van der Waals surface area contributed by atoms with E-state index in [0.717, 1.165) is 21.5 Å². The van der Waals surface area contributed by atoms with Crippen molar-refractivity contribution in [2.45, 2.75) is 20.4 Å². The first-order chi connectivity index (χ1) is 10.9. The molecule has 0 N–H and O–H groups in total. The molecule has 3 nitrogen and oxygen atoms in total. The third-order valence-electron chi connectivity index (χ3n) is 3.76. The maximum absolute atomic E-state index is 12.3. The van der Waals surface area contributed by atoms with E-state index in [1.54, 1.807) is 6.07 Å². The summed E-state index contributed by atoms with van der Waals surface area (Å²) in [5.41, 5.74) is 2.28. The molecular formula is C17H13Cl2NO2S. The predicted octanol–water partition coefficient (Wildman–Crippen LogP) is 5.14. The molecule has 0 unspecified atom stereocenters. The quantitative estimate of drug-likeness (QED) is 0.474. The number of ketones is 2. The van der Waals surface area contributed by atoms with Crippen molar-refractivity contribution in [3.05, 3.63) is 56.5 Å². The summed E-state index contributed by atoms with van der Waals surface area (Å²) in [6, 6.07) is 9.29. The monoisotopic (exact) mass is 365 g/mol. The molecule has 3 rings (SSSR count). The van der Waals surface area contributed by atoms with Gasteiger partial charge in [0.05, 0.1) is 9.90 Å². The Morgan fingerprint density at radius 3 is 2.43 bits per heavy atom. The average molecular weight is 366 g/mol.